The van der Waals surface area contributed by atoms with E-state index in [1.807, 2.05) is 52.0 Å². The van der Waals surface area contributed by atoms with Gasteiger partial charge in [0.1, 0.15) is 23.9 Å². The lowest BCUT2D eigenvalue weighted by Gasteiger charge is -2.30. The van der Waals surface area contributed by atoms with Crippen molar-refractivity contribution in [2.75, 3.05) is 32.6 Å². The molecule has 5 amide bonds. The molecule has 0 bridgehead atoms. The minimum atomic E-state index is -0.815. The normalized spacial score (nSPS) is 17.1. The van der Waals surface area contributed by atoms with Crippen LogP contribution in [-0.4, -0.2) is 99.7 Å². The molecular formula is C52H64N8O7. The van der Waals surface area contributed by atoms with Crippen LogP contribution < -0.4 is 16.0 Å². The first-order valence-corrected chi connectivity index (χ1v) is 23.2. The molecule has 2 aliphatic rings. The average Bonchev–Trinajstić information content (AvgIpc) is 4.16. The molecule has 2 fully saturated rings. The highest BCUT2D eigenvalue weighted by Gasteiger charge is 2.40. The van der Waals surface area contributed by atoms with Gasteiger partial charge in [0.05, 0.1) is 43.5 Å². The first-order chi connectivity index (χ1) is 32.0. The van der Waals surface area contributed by atoms with E-state index in [-0.39, 0.29) is 41.0 Å². The Morgan fingerprint density at radius 3 is 1.72 bits per heavy atom. The lowest BCUT2D eigenvalue weighted by Crippen LogP contribution is -2.54. The Balaban J connectivity index is 1.12. The van der Waals surface area contributed by atoms with E-state index >= 15 is 0 Å². The summed E-state index contributed by atoms with van der Waals surface area (Å²) >= 11 is 0. The summed E-state index contributed by atoms with van der Waals surface area (Å²) in [4.78, 5) is 76.7. The molecule has 4 atom stereocenters. The van der Waals surface area contributed by atoms with Crippen LogP contribution in [0.2, 0.25) is 0 Å². The number of rotatable bonds is 13. The van der Waals surface area contributed by atoms with Crippen LogP contribution in [0.3, 0.4) is 0 Å². The summed E-state index contributed by atoms with van der Waals surface area (Å²) in [5.41, 5.74) is 8.46. The minimum Gasteiger partial charge on any atom is -0.453 e. The van der Waals surface area contributed by atoms with Gasteiger partial charge in [0.2, 0.25) is 17.7 Å². The molecule has 2 saturated heterocycles. The highest BCUT2D eigenvalue weighted by molar-refractivity contribution is 5.99. The van der Waals surface area contributed by atoms with Gasteiger partial charge in [-0.2, -0.15) is 0 Å². The van der Waals surface area contributed by atoms with Gasteiger partial charge in [-0.3, -0.25) is 14.4 Å². The van der Waals surface area contributed by atoms with Crippen molar-refractivity contribution in [3.63, 3.8) is 0 Å². The number of nitrogens with one attached hydrogen (secondary N) is 4. The highest BCUT2D eigenvalue weighted by Crippen LogP contribution is 2.37. The maximum Gasteiger partial charge on any atom is 0.407 e. The quantitative estimate of drug-likeness (QED) is 0.0905. The van der Waals surface area contributed by atoms with Gasteiger partial charge in [0.25, 0.3) is 0 Å². The molecule has 5 aromatic rings. The van der Waals surface area contributed by atoms with Gasteiger partial charge >= 0.3 is 12.2 Å². The van der Waals surface area contributed by atoms with Crippen LogP contribution in [0.25, 0.3) is 39.5 Å². The molecule has 0 spiro atoms. The fraction of sp³-hybridized carbons (Fsp3) is 0.423. The zero-order valence-electron chi connectivity index (χ0n) is 40.0. The maximum atomic E-state index is 13.7. The van der Waals surface area contributed by atoms with Gasteiger partial charge in [-0.25, -0.2) is 14.6 Å². The minimum absolute atomic E-state index is 0.0216. The van der Waals surface area contributed by atoms with Crippen molar-refractivity contribution < 1.29 is 33.4 Å². The summed E-state index contributed by atoms with van der Waals surface area (Å²) in [6.07, 6.45) is 3.26. The predicted octanol–water partition coefficient (Wildman–Crippen LogP) is 8.85. The molecule has 4 N–H and O–H groups in total. The van der Waals surface area contributed by atoms with E-state index in [9.17, 15) is 24.0 Å². The SMILES string of the molecule is COC(=O)N[C@H](C(=O)N1CCC[C@H]1C(=O)Nc1ccc(-c2ccc(-c3ccc(-c4cnc([C@@H]5CCCN5C(=O)[C@@H](NC(=O)OC)C(C)C)[nH]4)cc3)n2-c2ccc(C(C)(C)C)cc2)cc1)C(C)C. The van der Waals surface area contributed by atoms with Gasteiger partial charge in [-0.15, -0.1) is 0 Å². The standard InChI is InChI=1S/C52H64N8O7/c1-31(2)44(56-50(64)66-8)48(62)58-28-10-12-42(58)46-53-30-39(55-46)33-14-16-34(17-15-33)40-26-27-41(60(40)38-24-20-36(21-25-38)52(5,6)7)35-18-22-37(23-19-35)54-47(61)43-13-11-29-59(43)49(63)45(32(3)4)57-51(65)67-9/h14-27,30-32,42-45H,10-13,28-29H2,1-9H3,(H,53,55)(H,54,61)(H,56,64)(H,57,65)/t42-,43-,44-,45-/m0/s1. The molecule has 7 rings (SSSR count). The summed E-state index contributed by atoms with van der Waals surface area (Å²) < 4.78 is 11.8. The Morgan fingerprint density at radius 1 is 0.672 bits per heavy atom. The van der Waals surface area contributed by atoms with Crippen molar-refractivity contribution in [2.45, 2.75) is 104 Å². The third kappa shape index (κ3) is 10.6. The van der Waals surface area contributed by atoms with Gasteiger partial charge < -0.3 is 44.8 Å². The van der Waals surface area contributed by atoms with Crippen LogP contribution in [0.4, 0.5) is 15.3 Å². The van der Waals surface area contributed by atoms with E-state index in [1.165, 1.54) is 19.8 Å². The molecule has 15 nitrogen and oxygen atoms in total. The highest BCUT2D eigenvalue weighted by atomic mass is 16.5. The van der Waals surface area contributed by atoms with Crippen LogP contribution >= 0.6 is 0 Å². The summed E-state index contributed by atoms with van der Waals surface area (Å²) in [5, 5.41) is 8.37. The Kier molecular flexibility index (Phi) is 14.6. The maximum absolute atomic E-state index is 13.7. The molecule has 2 aliphatic heterocycles. The van der Waals surface area contributed by atoms with Crippen LogP contribution in [0, 0.1) is 11.8 Å². The van der Waals surface area contributed by atoms with Gasteiger partial charge in [-0.1, -0.05) is 97.0 Å². The molecule has 15 heteroatoms. The lowest BCUT2D eigenvalue weighted by atomic mass is 9.87. The molecule has 0 aliphatic carbocycles. The van der Waals surface area contributed by atoms with E-state index in [4.69, 9.17) is 14.5 Å². The van der Waals surface area contributed by atoms with E-state index < -0.39 is 30.3 Å². The number of aromatic nitrogens is 3. The number of aromatic amines is 1. The summed E-state index contributed by atoms with van der Waals surface area (Å²) in [6.45, 7) is 15.1. The zero-order chi connectivity index (χ0) is 48.2. The number of carbonyl (C=O) groups is 5. The molecule has 67 heavy (non-hydrogen) atoms. The predicted molar refractivity (Wildman–Crippen MR) is 258 cm³/mol. The number of hydrogen-bond acceptors (Lipinski definition) is 8. The van der Waals surface area contributed by atoms with Crippen molar-refractivity contribution in [3.8, 4) is 39.5 Å². The number of carbonyl (C=O) groups excluding carboxylic acids is 5. The number of ether oxygens (including phenoxy) is 2. The molecule has 0 radical (unpaired) electrons. The second-order valence-electron chi connectivity index (χ2n) is 19.2. The third-order valence-electron chi connectivity index (χ3n) is 12.9. The molecular weight excluding hydrogens is 849 g/mol. The van der Waals surface area contributed by atoms with E-state index in [0.717, 1.165) is 52.3 Å². The third-order valence-corrected chi connectivity index (χ3v) is 12.9. The number of methoxy groups -OCH3 is 2. The molecule has 0 unspecified atom stereocenters. The number of hydrogen-bond donors (Lipinski definition) is 4. The number of alkyl carbamates (subject to hydrolysis) is 2. The smallest absolute Gasteiger partial charge is 0.407 e. The monoisotopic (exact) mass is 912 g/mol. The number of H-pyrrole nitrogens is 1. The van der Waals surface area contributed by atoms with Crippen LogP contribution in [-0.2, 0) is 29.3 Å². The Bertz CT molecular complexity index is 2560. The lowest BCUT2D eigenvalue weighted by molar-refractivity contribution is -0.139. The van der Waals surface area contributed by atoms with E-state index in [2.05, 4.69) is 107 Å². The van der Waals surface area contributed by atoms with E-state index in [0.29, 0.717) is 37.4 Å². The van der Waals surface area contributed by atoms with Crippen LogP contribution in [0.5, 0.6) is 0 Å². The second kappa shape index (κ2) is 20.3. The first-order valence-electron chi connectivity index (χ1n) is 23.2. The zero-order valence-corrected chi connectivity index (χ0v) is 40.0. The second-order valence-corrected chi connectivity index (χ2v) is 19.2. The van der Waals surface area contributed by atoms with Crippen molar-refractivity contribution in [2.24, 2.45) is 11.8 Å². The largest absolute Gasteiger partial charge is 0.453 e. The van der Waals surface area contributed by atoms with Crippen LogP contribution in [0.1, 0.15) is 91.6 Å². The number of anilines is 1. The topological polar surface area (TPSA) is 180 Å². The van der Waals surface area contributed by atoms with Crippen LogP contribution in [0.15, 0.2) is 91.1 Å². The number of amides is 5. The van der Waals surface area contributed by atoms with Gasteiger partial charge in [0.15, 0.2) is 0 Å². The fourth-order valence-electron chi connectivity index (χ4n) is 9.07. The van der Waals surface area contributed by atoms with Crippen molar-refractivity contribution in [1.29, 1.82) is 0 Å². The van der Waals surface area contributed by atoms with Crippen molar-refractivity contribution in [3.05, 3.63) is 103 Å². The first kappa shape index (κ1) is 48.0. The molecule has 354 valence electrons. The molecule has 3 aromatic carbocycles. The van der Waals surface area contributed by atoms with Crippen molar-refractivity contribution >= 4 is 35.6 Å². The number of likely N-dealkylation sites (tertiary alicyclic amines) is 2. The Labute approximate surface area is 393 Å². The van der Waals surface area contributed by atoms with E-state index in [1.54, 1.807) is 16.0 Å². The molecule has 4 heterocycles. The number of imidazole rings is 1. The van der Waals surface area contributed by atoms with Crippen molar-refractivity contribution in [1.82, 2.24) is 35.0 Å². The Morgan fingerprint density at radius 2 is 1.18 bits per heavy atom. The van der Waals surface area contributed by atoms with Gasteiger partial charge in [-0.05, 0) is 102 Å². The number of benzene rings is 3. The molecule has 2 aromatic heterocycles. The fourth-order valence-corrected chi connectivity index (χ4v) is 9.07. The Hall–Kier alpha value is -6.90. The van der Waals surface area contributed by atoms with Gasteiger partial charge in [0, 0.05) is 24.5 Å². The number of nitrogens with zero attached hydrogens (tertiary/aromatic N) is 4. The summed E-state index contributed by atoms with van der Waals surface area (Å²) in [7, 11) is 2.54. The molecule has 0 saturated carbocycles. The summed E-state index contributed by atoms with van der Waals surface area (Å²) in [6, 6.07) is 26.4. The summed E-state index contributed by atoms with van der Waals surface area (Å²) in [5.74, 6) is -0.367. The average molecular weight is 913 g/mol.